The van der Waals surface area contributed by atoms with Crippen molar-refractivity contribution in [3.63, 3.8) is 0 Å². The average molecular weight is 392 g/mol. The number of benzene rings is 2. The van der Waals surface area contributed by atoms with Crippen molar-refractivity contribution in [1.29, 1.82) is 0 Å². The number of amides is 1. The molecule has 0 bridgehead atoms. The Hall–Kier alpha value is -3.19. The van der Waals surface area contributed by atoms with Gasteiger partial charge in [-0.05, 0) is 31.9 Å². The first-order valence-corrected chi connectivity index (χ1v) is 9.84. The van der Waals surface area contributed by atoms with E-state index in [0.29, 0.717) is 5.13 Å². The fourth-order valence-corrected chi connectivity index (χ4v) is 4.01. The summed E-state index contributed by atoms with van der Waals surface area (Å²) in [6, 6.07) is 14.1. The largest absolute Gasteiger partial charge is 0.351 e. The molecule has 2 aromatic carbocycles. The van der Waals surface area contributed by atoms with Gasteiger partial charge in [0, 0.05) is 11.3 Å². The Labute approximate surface area is 167 Å². The van der Waals surface area contributed by atoms with Gasteiger partial charge in [0.25, 0.3) is 0 Å². The summed E-state index contributed by atoms with van der Waals surface area (Å²) in [6.45, 7) is 6.20. The van der Waals surface area contributed by atoms with Crippen LogP contribution in [0, 0.1) is 20.8 Å². The van der Waals surface area contributed by atoms with Gasteiger partial charge >= 0.3 is 0 Å². The molecule has 4 aromatic rings. The lowest BCUT2D eigenvalue weighted by atomic mass is 10.1. The van der Waals surface area contributed by atoms with Crippen molar-refractivity contribution in [2.75, 3.05) is 17.2 Å². The number of aromatic nitrogens is 3. The molecule has 0 fully saturated rings. The van der Waals surface area contributed by atoms with Crippen LogP contribution in [0.2, 0.25) is 0 Å². The average Bonchev–Trinajstić information content (AvgIpc) is 3.22. The first kappa shape index (κ1) is 18.2. The third-order valence-electron chi connectivity index (χ3n) is 4.45. The molecule has 142 valence electrons. The van der Waals surface area contributed by atoms with Crippen LogP contribution in [0.5, 0.6) is 0 Å². The molecule has 2 heterocycles. The first-order valence-electron chi connectivity index (χ1n) is 9.03. The Kier molecular flexibility index (Phi) is 4.83. The van der Waals surface area contributed by atoms with E-state index in [1.165, 1.54) is 16.9 Å². The molecular weight excluding hydrogens is 370 g/mol. The number of hydrogen-bond acceptors (Lipinski definition) is 5. The van der Waals surface area contributed by atoms with Gasteiger partial charge in [-0.25, -0.2) is 9.50 Å². The van der Waals surface area contributed by atoms with Gasteiger partial charge < -0.3 is 10.6 Å². The number of nitrogens with one attached hydrogen (secondary N) is 2. The second-order valence-corrected chi connectivity index (χ2v) is 7.76. The van der Waals surface area contributed by atoms with E-state index >= 15 is 0 Å². The molecule has 7 heteroatoms. The molecule has 0 aliphatic carbocycles. The fraction of sp³-hybridized carbons (Fsp3) is 0.190. The predicted molar refractivity (Wildman–Crippen MR) is 114 cm³/mol. The topological polar surface area (TPSA) is 71.3 Å². The number of fused-ring (bicyclic) bond motifs is 1. The van der Waals surface area contributed by atoms with E-state index < -0.39 is 0 Å². The second kappa shape index (κ2) is 7.44. The maximum Gasteiger partial charge on any atom is 0.243 e. The number of anilines is 2. The summed E-state index contributed by atoms with van der Waals surface area (Å²) in [5.41, 5.74) is 6.12. The van der Waals surface area contributed by atoms with E-state index in [2.05, 4.69) is 39.8 Å². The van der Waals surface area contributed by atoms with Gasteiger partial charge in [0.15, 0.2) is 0 Å². The summed E-state index contributed by atoms with van der Waals surface area (Å²) in [6.07, 6.45) is 1.89. The highest BCUT2D eigenvalue weighted by Crippen LogP contribution is 2.25. The van der Waals surface area contributed by atoms with E-state index in [9.17, 15) is 4.79 Å². The van der Waals surface area contributed by atoms with Crippen LogP contribution >= 0.6 is 11.3 Å². The van der Waals surface area contributed by atoms with Crippen molar-refractivity contribution >= 4 is 33.0 Å². The number of imidazole rings is 1. The van der Waals surface area contributed by atoms with Gasteiger partial charge in [-0.2, -0.15) is 0 Å². The molecule has 2 N–H and O–H groups in total. The van der Waals surface area contributed by atoms with Crippen molar-refractivity contribution in [3.8, 4) is 11.3 Å². The van der Waals surface area contributed by atoms with Crippen molar-refractivity contribution in [3.05, 3.63) is 65.4 Å². The van der Waals surface area contributed by atoms with Crippen LogP contribution in [0.3, 0.4) is 0 Å². The van der Waals surface area contributed by atoms with E-state index in [1.54, 1.807) is 4.52 Å². The SMILES string of the molecule is Cc1cc(C)c(NC(=O)CNc2nn3cc(-c4ccccc4)nc3s2)c(C)c1. The molecule has 0 atom stereocenters. The summed E-state index contributed by atoms with van der Waals surface area (Å²) in [5.74, 6) is -0.104. The van der Waals surface area contributed by atoms with Gasteiger partial charge in [0.05, 0.1) is 18.4 Å². The van der Waals surface area contributed by atoms with Crippen molar-refractivity contribution in [2.24, 2.45) is 0 Å². The van der Waals surface area contributed by atoms with Crippen molar-refractivity contribution in [2.45, 2.75) is 20.8 Å². The third kappa shape index (κ3) is 3.75. The summed E-state index contributed by atoms with van der Waals surface area (Å²) in [4.78, 5) is 17.7. The molecule has 0 radical (unpaired) electrons. The van der Waals surface area contributed by atoms with E-state index in [0.717, 1.165) is 33.0 Å². The number of nitrogens with zero attached hydrogens (tertiary/aromatic N) is 3. The highest BCUT2D eigenvalue weighted by molar-refractivity contribution is 7.20. The Morgan fingerprint density at radius 1 is 1.11 bits per heavy atom. The van der Waals surface area contributed by atoms with Crippen LogP contribution in [-0.4, -0.2) is 27.0 Å². The second-order valence-electron chi connectivity index (χ2n) is 6.80. The van der Waals surface area contributed by atoms with Gasteiger partial charge in [-0.1, -0.05) is 59.4 Å². The molecule has 28 heavy (non-hydrogen) atoms. The van der Waals surface area contributed by atoms with Crippen LogP contribution in [-0.2, 0) is 4.79 Å². The van der Waals surface area contributed by atoms with Gasteiger partial charge in [0.1, 0.15) is 0 Å². The highest BCUT2D eigenvalue weighted by Gasteiger charge is 2.12. The summed E-state index contributed by atoms with van der Waals surface area (Å²) in [7, 11) is 0. The fourth-order valence-electron chi connectivity index (χ4n) is 3.24. The Bertz CT molecular complexity index is 1090. The summed E-state index contributed by atoms with van der Waals surface area (Å²) in [5, 5.41) is 11.2. The molecule has 0 aliphatic rings. The van der Waals surface area contributed by atoms with E-state index in [4.69, 9.17) is 0 Å². The molecule has 2 aromatic heterocycles. The Balaban J connectivity index is 1.42. The highest BCUT2D eigenvalue weighted by atomic mass is 32.1. The zero-order valence-corrected chi connectivity index (χ0v) is 16.8. The van der Waals surface area contributed by atoms with Crippen LogP contribution in [0.15, 0.2) is 48.7 Å². The molecule has 6 nitrogen and oxygen atoms in total. The predicted octanol–water partition coefficient (Wildman–Crippen LogP) is 4.43. The lowest BCUT2D eigenvalue weighted by molar-refractivity contribution is -0.114. The smallest absolute Gasteiger partial charge is 0.243 e. The maximum absolute atomic E-state index is 12.3. The lowest BCUT2D eigenvalue weighted by Crippen LogP contribution is -2.22. The van der Waals surface area contributed by atoms with Gasteiger partial charge in [-0.3, -0.25) is 4.79 Å². The normalized spacial score (nSPS) is 11.0. The molecule has 0 unspecified atom stereocenters. The number of aryl methyl sites for hydroxylation is 3. The van der Waals surface area contributed by atoms with E-state index in [-0.39, 0.29) is 12.5 Å². The van der Waals surface area contributed by atoms with Crippen molar-refractivity contribution < 1.29 is 4.79 Å². The molecule has 4 rings (SSSR count). The molecule has 1 amide bonds. The monoisotopic (exact) mass is 391 g/mol. The van der Waals surface area contributed by atoms with Crippen molar-refractivity contribution in [1.82, 2.24) is 14.6 Å². The molecule has 0 saturated carbocycles. The quantitative estimate of drug-likeness (QED) is 0.528. The molecule has 0 saturated heterocycles. The van der Waals surface area contributed by atoms with Crippen LogP contribution in [0.4, 0.5) is 10.8 Å². The lowest BCUT2D eigenvalue weighted by Gasteiger charge is -2.12. The molecule has 0 aliphatic heterocycles. The minimum atomic E-state index is -0.104. The summed E-state index contributed by atoms with van der Waals surface area (Å²) < 4.78 is 1.74. The molecular formula is C21H21N5OS. The number of hydrogen-bond donors (Lipinski definition) is 2. The summed E-state index contributed by atoms with van der Waals surface area (Å²) >= 11 is 1.42. The van der Waals surface area contributed by atoms with Crippen LogP contribution in [0.1, 0.15) is 16.7 Å². The minimum absolute atomic E-state index is 0.104. The zero-order valence-electron chi connectivity index (χ0n) is 16.0. The Morgan fingerprint density at radius 2 is 1.82 bits per heavy atom. The van der Waals surface area contributed by atoms with Gasteiger partial charge in [0.2, 0.25) is 16.0 Å². The van der Waals surface area contributed by atoms with Gasteiger partial charge in [-0.15, -0.1) is 5.10 Å². The number of carbonyl (C=O) groups is 1. The minimum Gasteiger partial charge on any atom is -0.351 e. The third-order valence-corrected chi connectivity index (χ3v) is 5.33. The van der Waals surface area contributed by atoms with Crippen LogP contribution < -0.4 is 10.6 Å². The zero-order chi connectivity index (χ0) is 19.7. The van der Waals surface area contributed by atoms with Crippen LogP contribution in [0.25, 0.3) is 16.2 Å². The maximum atomic E-state index is 12.3. The van der Waals surface area contributed by atoms with E-state index in [1.807, 2.05) is 50.4 Å². The Morgan fingerprint density at radius 3 is 2.50 bits per heavy atom. The number of rotatable bonds is 5. The molecule has 0 spiro atoms. The number of carbonyl (C=O) groups excluding carboxylic acids is 1. The standard InChI is InChI=1S/C21H21N5OS/c1-13-9-14(2)19(15(3)10-13)24-18(27)11-22-20-25-26-12-17(23-21(26)28-20)16-7-5-4-6-8-16/h4-10,12H,11H2,1-3H3,(H,22,25)(H,24,27). The first-order chi connectivity index (χ1) is 13.5.